The number of aryl methyl sites for hydroxylation is 2. The van der Waals surface area contributed by atoms with Crippen molar-refractivity contribution in [2.45, 2.75) is 20.8 Å². The number of aromatic nitrogens is 2. The van der Waals surface area contributed by atoms with Crippen LogP contribution in [0.4, 0.5) is 0 Å². The van der Waals surface area contributed by atoms with Crippen LogP contribution < -0.4 is 0 Å². The third-order valence-corrected chi connectivity index (χ3v) is 3.66. The predicted octanol–water partition coefficient (Wildman–Crippen LogP) is 4.17. The van der Waals surface area contributed by atoms with Gasteiger partial charge in [0.1, 0.15) is 0 Å². The lowest BCUT2D eigenvalue weighted by atomic mass is 10.1. The molecule has 106 valence electrons. The SMILES string of the molecule is Cc1ccc(-c2nn(-c3cccc(C)c3)c(O)c2C)cc1. The molecule has 0 fully saturated rings. The number of hydrogen-bond acceptors (Lipinski definition) is 2. The molecule has 21 heavy (non-hydrogen) atoms. The molecule has 0 saturated heterocycles. The summed E-state index contributed by atoms with van der Waals surface area (Å²) in [6.45, 7) is 5.97. The van der Waals surface area contributed by atoms with Crippen LogP contribution in [0.5, 0.6) is 5.88 Å². The first-order valence-electron chi connectivity index (χ1n) is 6.99. The van der Waals surface area contributed by atoms with E-state index in [1.807, 2.05) is 50.2 Å². The van der Waals surface area contributed by atoms with E-state index in [0.717, 1.165) is 28.1 Å². The first-order chi connectivity index (χ1) is 10.1. The minimum Gasteiger partial charge on any atom is -0.493 e. The number of nitrogens with zero attached hydrogens (tertiary/aromatic N) is 2. The predicted molar refractivity (Wildman–Crippen MR) is 84.9 cm³/mol. The van der Waals surface area contributed by atoms with Gasteiger partial charge in [-0.3, -0.25) is 0 Å². The fraction of sp³-hybridized carbons (Fsp3) is 0.167. The van der Waals surface area contributed by atoms with Gasteiger partial charge in [-0.2, -0.15) is 5.10 Å². The maximum Gasteiger partial charge on any atom is 0.217 e. The van der Waals surface area contributed by atoms with Crippen molar-refractivity contribution < 1.29 is 5.11 Å². The van der Waals surface area contributed by atoms with E-state index in [0.29, 0.717) is 0 Å². The molecule has 0 aliphatic heterocycles. The molecule has 3 rings (SSSR count). The fourth-order valence-electron chi connectivity index (χ4n) is 2.41. The first-order valence-corrected chi connectivity index (χ1v) is 6.99. The molecule has 3 heteroatoms. The van der Waals surface area contributed by atoms with Gasteiger partial charge in [0.2, 0.25) is 5.88 Å². The van der Waals surface area contributed by atoms with Crippen LogP contribution in [0.1, 0.15) is 16.7 Å². The van der Waals surface area contributed by atoms with Gasteiger partial charge in [-0.25, -0.2) is 4.68 Å². The van der Waals surface area contributed by atoms with Gasteiger partial charge < -0.3 is 5.11 Å². The lowest BCUT2D eigenvalue weighted by Gasteiger charge is -2.03. The van der Waals surface area contributed by atoms with E-state index in [1.54, 1.807) is 4.68 Å². The van der Waals surface area contributed by atoms with Crippen LogP contribution in [-0.4, -0.2) is 14.9 Å². The topological polar surface area (TPSA) is 38.0 Å². The quantitative estimate of drug-likeness (QED) is 0.764. The minimum atomic E-state index is 0.191. The maximum absolute atomic E-state index is 10.4. The van der Waals surface area contributed by atoms with E-state index in [9.17, 15) is 5.11 Å². The molecule has 0 bridgehead atoms. The van der Waals surface area contributed by atoms with Gasteiger partial charge in [0, 0.05) is 11.1 Å². The highest BCUT2D eigenvalue weighted by Gasteiger charge is 2.16. The van der Waals surface area contributed by atoms with Crippen LogP contribution >= 0.6 is 0 Å². The third-order valence-electron chi connectivity index (χ3n) is 3.66. The van der Waals surface area contributed by atoms with Crippen molar-refractivity contribution in [3.63, 3.8) is 0 Å². The Kier molecular flexibility index (Phi) is 3.26. The largest absolute Gasteiger partial charge is 0.493 e. The highest BCUT2D eigenvalue weighted by Crippen LogP contribution is 2.31. The molecule has 2 aromatic carbocycles. The van der Waals surface area contributed by atoms with Crippen molar-refractivity contribution in [1.29, 1.82) is 0 Å². The Morgan fingerprint density at radius 3 is 2.29 bits per heavy atom. The summed E-state index contributed by atoms with van der Waals surface area (Å²) in [5.41, 5.74) is 5.83. The minimum absolute atomic E-state index is 0.191. The van der Waals surface area contributed by atoms with Gasteiger partial charge in [-0.15, -0.1) is 0 Å². The van der Waals surface area contributed by atoms with Crippen molar-refractivity contribution >= 4 is 0 Å². The zero-order valence-corrected chi connectivity index (χ0v) is 12.5. The summed E-state index contributed by atoms with van der Waals surface area (Å²) >= 11 is 0. The van der Waals surface area contributed by atoms with Crippen LogP contribution in [0, 0.1) is 20.8 Å². The summed E-state index contributed by atoms with van der Waals surface area (Å²) in [5.74, 6) is 0.191. The number of aromatic hydroxyl groups is 1. The van der Waals surface area contributed by atoms with Gasteiger partial charge in [0.15, 0.2) is 0 Å². The summed E-state index contributed by atoms with van der Waals surface area (Å²) in [6.07, 6.45) is 0. The van der Waals surface area contributed by atoms with Gasteiger partial charge in [-0.1, -0.05) is 42.0 Å². The van der Waals surface area contributed by atoms with Crippen LogP contribution in [-0.2, 0) is 0 Å². The Morgan fingerprint density at radius 1 is 0.905 bits per heavy atom. The molecule has 3 nitrogen and oxygen atoms in total. The van der Waals surface area contributed by atoms with E-state index in [-0.39, 0.29) is 5.88 Å². The van der Waals surface area contributed by atoms with Crippen molar-refractivity contribution in [1.82, 2.24) is 9.78 Å². The van der Waals surface area contributed by atoms with Crippen LogP contribution in [0.3, 0.4) is 0 Å². The van der Waals surface area contributed by atoms with E-state index in [1.165, 1.54) is 5.56 Å². The molecule has 0 radical (unpaired) electrons. The Hall–Kier alpha value is -2.55. The molecular formula is C18H18N2O. The summed E-state index contributed by atoms with van der Waals surface area (Å²) in [7, 11) is 0. The smallest absolute Gasteiger partial charge is 0.217 e. The highest BCUT2D eigenvalue weighted by molar-refractivity contribution is 5.66. The standard InChI is InChI=1S/C18H18N2O/c1-12-7-9-15(10-8-12)17-14(3)18(21)20(19-17)16-6-4-5-13(2)11-16/h4-11,21H,1-3H3. The van der Waals surface area contributed by atoms with Gasteiger partial charge >= 0.3 is 0 Å². The van der Waals surface area contributed by atoms with Gasteiger partial charge in [0.25, 0.3) is 0 Å². The van der Waals surface area contributed by atoms with E-state index >= 15 is 0 Å². The van der Waals surface area contributed by atoms with Gasteiger partial charge in [-0.05, 0) is 38.5 Å². The van der Waals surface area contributed by atoms with Crippen molar-refractivity contribution in [3.8, 4) is 22.8 Å². The van der Waals surface area contributed by atoms with Crippen LogP contribution in [0.15, 0.2) is 48.5 Å². The fourth-order valence-corrected chi connectivity index (χ4v) is 2.41. The lowest BCUT2D eigenvalue weighted by molar-refractivity contribution is 0.430. The third kappa shape index (κ3) is 2.42. The van der Waals surface area contributed by atoms with Crippen LogP contribution in [0.25, 0.3) is 16.9 Å². The molecule has 0 saturated carbocycles. The molecule has 3 aromatic rings. The van der Waals surface area contributed by atoms with Gasteiger partial charge in [0.05, 0.1) is 11.4 Å². The second-order valence-corrected chi connectivity index (χ2v) is 5.41. The Morgan fingerprint density at radius 2 is 1.62 bits per heavy atom. The van der Waals surface area contributed by atoms with E-state index in [2.05, 4.69) is 24.2 Å². The monoisotopic (exact) mass is 278 g/mol. The molecule has 0 amide bonds. The Balaban J connectivity index is 2.13. The summed E-state index contributed by atoms with van der Waals surface area (Å²) in [4.78, 5) is 0. The zero-order chi connectivity index (χ0) is 15.0. The molecular weight excluding hydrogens is 260 g/mol. The molecule has 0 aliphatic rings. The first kappa shape index (κ1) is 13.4. The average Bonchev–Trinajstić information content (AvgIpc) is 2.77. The zero-order valence-electron chi connectivity index (χ0n) is 12.5. The normalized spacial score (nSPS) is 10.8. The summed E-state index contributed by atoms with van der Waals surface area (Å²) in [5, 5.41) is 15.0. The molecule has 0 aliphatic carbocycles. The van der Waals surface area contributed by atoms with E-state index < -0.39 is 0 Å². The second-order valence-electron chi connectivity index (χ2n) is 5.41. The molecule has 1 N–H and O–H groups in total. The van der Waals surface area contributed by atoms with Crippen molar-refractivity contribution in [2.24, 2.45) is 0 Å². The second kappa shape index (κ2) is 5.09. The lowest BCUT2D eigenvalue weighted by Crippen LogP contribution is -1.96. The summed E-state index contributed by atoms with van der Waals surface area (Å²) < 4.78 is 1.59. The van der Waals surface area contributed by atoms with Crippen LogP contribution in [0.2, 0.25) is 0 Å². The maximum atomic E-state index is 10.4. The summed E-state index contributed by atoms with van der Waals surface area (Å²) in [6, 6.07) is 16.1. The average molecular weight is 278 g/mol. The van der Waals surface area contributed by atoms with E-state index in [4.69, 9.17) is 0 Å². The highest BCUT2D eigenvalue weighted by atomic mass is 16.3. The number of hydrogen-bond donors (Lipinski definition) is 1. The number of rotatable bonds is 2. The molecule has 0 unspecified atom stereocenters. The molecule has 0 atom stereocenters. The number of benzene rings is 2. The molecule has 1 aromatic heterocycles. The van der Waals surface area contributed by atoms with Crippen molar-refractivity contribution in [3.05, 3.63) is 65.2 Å². The molecule has 0 spiro atoms. The molecule has 1 heterocycles. The Bertz CT molecular complexity index is 785. The van der Waals surface area contributed by atoms with Crippen molar-refractivity contribution in [2.75, 3.05) is 0 Å². The Labute approximate surface area is 124 Å².